The maximum absolute atomic E-state index is 14.6. The summed E-state index contributed by atoms with van der Waals surface area (Å²) < 4.78 is 12.3. The monoisotopic (exact) mass is 544 g/mol. The van der Waals surface area contributed by atoms with Crippen molar-refractivity contribution in [2.24, 2.45) is 17.8 Å². The summed E-state index contributed by atoms with van der Waals surface area (Å²) >= 11 is 6.58. The third kappa shape index (κ3) is 4.08. The van der Waals surface area contributed by atoms with Gasteiger partial charge in [-0.25, -0.2) is 0 Å². The summed E-state index contributed by atoms with van der Waals surface area (Å²) in [6.07, 6.45) is 4.15. The molecule has 1 spiro atoms. The second-order valence-electron chi connectivity index (χ2n) is 10.9. The lowest BCUT2D eigenvalue weighted by Crippen LogP contribution is -2.58. The van der Waals surface area contributed by atoms with Gasteiger partial charge in [-0.3, -0.25) is 14.4 Å². The molecule has 9 heteroatoms. The molecule has 8 nitrogen and oxygen atoms in total. The number of aryl methyl sites for hydroxylation is 1. The Balaban J connectivity index is 1.85. The number of amides is 2. The molecular weight excluding hydrogens is 508 g/mol. The first-order valence-electron chi connectivity index (χ1n) is 13.1. The molecular formula is C29H37ClN2O6. The summed E-state index contributed by atoms with van der Waals surface area (Å²) in [5, 5.41) is 10.5. The van der Waals surface area contributed by atoms with Crippen molar-refractivity contribution in [1.82, 2.24) is 4.90 Å². The lowest BCUT2D eigenvalue weighted by Gasteiger charge is -2.39. The van der Waals surface area contributed by atoms with Gasteiger partial charge in [-0.15, -0.1) is 13.2 Å². The number of likely N-dealkylation sites (tertiary alicyclic amines) is 1. The van der Waals surface area contributed by atoms with Gasteiger partial charge in [0.05, 0.1) is 41.5 Å². The zero-order valence-corrected chi connectivity index (χ0v) is 23.2. The van der Waals surface area contributed by atoms with Crippen molar-refractivity contribution in [2.45, 2.75) is 63.8 Å². The Hall–Kier alpha value is -2.68. The molecule has 1 aromatic carbocycles. The van der Waals surface area contributed by atoms with E-state index < -0.39 is 47.0 Å². The fraction of sp³-hybridized carbons (Fsp3) is 0.552. The van der Waals surface area contributed by atoms with E-state index in [0.29, 0.717) is 23.6 Å². The quantitative estimate of drug-likeness (QED) is 0.274. The average molecular weight is 545 g/mol. The van der Waals surface area contributed by atoms with Crippen LogP contribution in [0.2, 0.25) is 5.02 Å². The van der Waals surface area contributed by atoms with Crippen molar-refractivity contribution in [3.05, 3.63) is 54.1 Å². The molecule has 7 atom stereocenters. The van der Waals surface area contributed by atoms with E-state index >= 15 is 0 Å². The number of aliphatic hydroxyl groups excluding tert-OH is 1. The number of carbonyl (C=O) groups is 3. The molecule has 0 aromatic heterocycles. The van der Waals surface area contributed by atoms with Crippen molar-refractivity contribution < 1.29 is 29.0 Å². The summed E-state index contributed by atoms with van der Waals surface area (Å²) in [4.78, 5) is 45.1. The summed E-state index contributed by atoms with van der Waals surface area (Å²) in [5.41, 5.74) is -0.936. The summed E-state index contributed by atoms with van der Waals surface area (Å²) in [6.45, 7) is 14.8. The molecule has 0 radical (unpaired) electrons. The number of rotatable bonds is 10. The van der Waals surface area contributed by atoms with Crippen LogP contribution in [0.15, 0.2) is 43.5 Å². The Morgan fingerprint density at radius 2 is 2.08 bits per heavy atom. The topological polar surface area (TPSA) is 96.4 Å². The van der Waals surface area contributed by atoms with Crippen molar-refractivity contribution in [3.8, 4) is 0 Å². The van der Waals surface area contributed by atoms with Gasteiger partial charge in [0.25, 0.3) is 5.91 Å². The summed E-state index contributed by atoms with van der Waals surface area (Å²) in [7, 11) is 0. The van der Waals surface area contributed by atoms with Crippen LogP contribution in [-0.2, 0) is 23.9 Å². The SMILES string of the molecule is C=CCCOC(=O)[C@H]1[C@H]2C(=O)N([C@H](C)CO)C(C(=O)N(CC=C)c3c(C)cccc3Cl)C23CC(C)[C@]1(C)O3. The Kier molecular flexibility index (Phi) is 7.81. The van der Waals surface area contributed by atoms with Crippen LogP contribution in [0.1, 0.15) is 39.2 Å². The van der Waals surface area contributed by atoms with E-state index in [2.05, 4.69) is 13.2 Å². The average Bonchev–Trinajstić information content (AvgIpc) is 3.39. The van der Waals surface area contributed by atoms with Gasteiger partial charge in [-0.2, -0.15) is 0 Å². The molecule has 0 aliphatic carbocycles. The van der Waals surface area contributed by atoms with Crippen LogP contribution in [0.25, 0.3) is 0 Å². The van der Waals surface area contributed by atoms with Gasteiger partial charge in [-0.05, 0) is 51.2 Å². The lowest BCUT2D eigenvalue weighted by molar-refractivity contribution is -0.162. The minimum atomic E-state index is -1.26. The van der Waals surface area contributed by atoms with Gasteiger partial charge in [0, 0.05) is 6.54 Å². The number of carbonyl (C=O) groups excluding carboxylic acids is 3. The number of hydrogen-bond acceptors (Lipinski definition) is 6. The molecule has 3 unspecified atom stereocenters. The zero-order valence-electron chi connectivity index (χ0n) is 22.5. The van der Waals surface area contributed by atoms with Crippen LogP contribution in [0, 0.1) is 24.7 Å². The van der Waals surface area contributed by atoms with Gasteiger partial charge in [-0.1, -0.05) is 42.8 Å². The Bertz CT molecular complexity index is 1140. The first kappa shape index (κ1) is 28.3. The Labute approximate surface area is 229 Å². The van der Waals surface area contributed by atoms with Crippen LogP contribution >= 0.6 is 11.6 Å². The molecule has 1 aromatic rings. The van der Waals surface area contributed by atoms with Crippen molar-refractivity contribution in [1.29, 1.82) is 0 Å². The number of ether oxygens (including phenoxy) is 2. The molecule has 1 N–H and O–H groups in total. The molecule has 2 amide bonds. The molecule has 2 bridgehead atoms. The first-order valence-corrected chi connectivity index (χ1v) is 13.5. The second-order valence-corrected chi connectivity index (χ2v) is 11.3. The van der Waals surface area contributed by atoms with Crippen LogP contribution in [-0.4, -0.2) is 70.8 Å². The highest BCUT2D eigenvalue weighted by molar-refractivity contribution is 6.34. The smallest absolute Gasteiger partial charge is 0.312 e. The van der Waals surface area contributed by atoms with Crippen LogP contribution in [0.3, 0.4) is 0 Å². The third-order valence-electron chi connectivity index (χ3n) is 8.58. The van der Waals surface area contributed by atoms with Crippen molar-refractivity contribution >= 4 is 35.1 Å². The highest BCUT2D eigenvalue weighted by Gasteiger charge is 2.80. The zero-order chi connectivity index (χ0) is 28.0. The largest absolute Gasteiger partial charge is 0.465 e. The van der Waals surface area contributed by atoms with E-state index in [1.165, 1.54) is 9.80 Å². The maximum Gasteiger partial charge on any atom is 0.312 e. The van der Waals surface area contributed by atoms with E-state index in [1.54, 1.807) is 31.2 Å². The van der Waals surface area contributed by atoms with E-state index in [-0.39, 0.29) is 31.6 Å². The number of aliphatic hydroxyl groups is 1. The standard InChI is InChI=1S/C29H37ClN2O6/c1-7-9-14-37-27(36)22-21-25(34)32(19(5)16-33)24(29(21)15-18(4)28(22,6)38-29)26(35)31(13-8-2)23-17(3)11-10-12-20(23)30/h7-8,10-12,18-19,21-22,24,33H,1-2,9,13-16H2,3-6H3/t18?,19-,21+,22-,24?,28+,29?/m1/s1. The number of benzene rings is 1. The molecule has 3 fully saturated rings. The number of para-hydroxylation sites is 1. The van der Waals surface area contributed by atoms with Crippen LogP contribution in [0.5, 0.6) is 0 Å². The number of fused-ring (bicyclic) bond motifs is 1. The van der Waals surface area contributed by atoms with Crippen molar-refractivity contribution in [2.75, 3.05) is 24.7 Å². The molecule has 3 heterocycles. The molecule has 0 saturated carbocycles. The minimum absolute atomic E-state index is 0.127. The summed E-state index contributed by atoms with van der Waals surface area (Å²) in [5.74, 6) is -3.23. The van der Waals surface area contributed by atoms with E-state index in [1.807, 2.05) is 26.8 Å². The predicted octanol–water partition coefficient (Wildman–Crippen LogP) is 3.68. The fourth-order valence-corrected chi connectivity index (χ4v) is 7.07. The second kappa shape index (κ2) is 10.5. The van der Waals surface area contributed by atoms with Gasteiger partial charge in [0.15, 0.2) is 0 Å². The molecule has 4 rings (SSSR count). The van der Waals surface area contributed by atoms with E-state index in [9.17, 15) is 19.5 Å². The number of esters is 1. The molecule has 3 saturated heterocycles. The van der Waals surface area contributed by atoms with Crippen LogP contribution < -0.4 is 4.90 Å². The molecule has 3 aliphatic rings. The number of anilines is 1. The number of halogens is 1. The Morgan fingerprint density at radius 1 is 1.37 bits per heavy atom. The summed E-state index contributed by atoms with van der Waals surface area (Å²) in [6, 6.07) is 3.61. The minimum Gasteiger partial charge on any atom is -0.465 e. The van der Waals surface area contributed by atoms with Gasteiger partial charge >= 0.3 is 5.97 Å². The maximum atomic E-state index is 14.6. The molecule has 206 valence electrons. The molecule has 3 aliphatic heterocycles. The Morgan fingerprint density at radius 3 is 2.68 bits per heavy atom. The van der Waals surface area contributed by atoms with Gasteiger partial charge in [0.2, 0.25) is 5.91 Å². The highest BCUT2D eigenvalue weighted by Crippen LogP contribution is 2.65. The van der Waals surface area contributed by atoms with E-state index in [0.717, 1.165) is 5.56 Å². The van der Waals surface area contributed by atoms with Crippen molar-refractivity contribution in [3.63, 3.8) is 0 Å². The first-order chi connectivity index (χ1) is 18.0. The van der Waals surface area contributed by atoms with Crippen LogP contribution in [0.4, 0.5) is 5.69 Å². The normalized spacial score (nSPS) is 32.2. The van der Waals surface area contributed by atoms with Gasteiger partial charge < -0.3 is 24.4 Å². The third-order valence-corrected chi connectivity index (χ3v) is 8.89. The van der Waals surface area contributed by atoms with E-state index in [4.69, 9.17) is 21.1 Å². The number of hydrogen-bond donors (Lipinski definition) is 1. The molecule has 38 heavy (non-hydrogen) atoms. The van der Waals surface area contributed by atoms with Gasteiger partial charge in [0.1, 0.15) is 17.6 Å². The highest BCUT2D eigenvalue weighted by atomic mass is 35.5. The predicted molar refractivity (Wildman–Crippen MR) is 145 cm³/mol. The number of nitrogens with zero attached hydrogens (tertiary/aromatic N) is 2. The fourth-order valence-electron chi connectivity index (χ4n) is 6.74. The lowest BCUT2D eigenvalue weighted by atomic mass is 9.62.